The van der Waals surface area contributed by atoms with Gasteiger partial charge in [-0.15, -0.1) is 11.3 Å². The number of ether oxygens (including phenoxy) is 1. The summed E-state index contributed by atoms with van der Waals surface area (Å²) >= 11 is 1.38. The summed E-state index contributed by atoms with van der Waals surface area (Å²) in [5.41, 5.74) is 2.57. The van der Waals surface area contributed by atoms with Crippen LogP contribution in [0.3, 0.4) is 0 Å². The van der Waals surface area contributed by atoms with E-state index >= 15 is 0 Å². The first kappa shape index (κ1) is 13.5. The van der Waals surface area contributed by atoms with E-state index in [4.69, 9.17) is 0 Å². The summed E-state index contributed by atoms with van der Waals surface area (Å²) in [4.78, 5) is 15.5. The summed E-state index contributed by atoms with van der Waals surface area (Å²) in [5.74, 6) is 0.0966. The zero-order chi connectivity index (χ0) is 13.8. The molecular formula is C14H16N2O2S. The highest BCUT2D eigenvalue weighted by Gasteiger charge is 2.10. The van der Waals surface area contributed by atoms with Crippen molar-refractivity contribution in [3.63, 3.8) is 0 Å². The maximum absolute atomic E-state index is 11.3. The first-order chi connectivity index (χ1) is 9.10. The van der Waals surface area contributed by atoms with E-state index in [1.165, 1.54) is 24.0 Å². The fraction of sp³-hybridized carbons (Fsp3) is 0.286. The third kappa shape index (κ3) is 3.32. The lowest BCUT2D eigenvalue weighted by molar-refractivity contribution is 0.0595. The van der Waals surface area contributed by atoms with E-state index in [1.54, 1.807) is 5.38 Å². The van der Waals surface area contributed by atoms with E-state index in [2.05, 4.69) is 41.0 Å². The minimum atomic E-state index is -0.417. The van der Waals surface area contributed by atoms with Crippen LogP contribution < -0.4 is 5.32 Å². The lowest BCUT2D eigenvalue weighted by Crippen LogP contribution is -2.01. The van der Waals surface area contributed by atoms with Gasteiger partial charge in [-0.2, -0.15) is 0 Å². The van der Waals surface area contributed by atoms with Gasteiger partial charge in [0.25, 0.3) is 0 Å². The molecule has 0 bridgehead atoms. The van der Waals surface area contributed by atoms with Gasteiger partial charge in [0.2, 0.25) is 0 Å². The number of hydrogen-bond donors (Lipinski definition) is 1. The van der Waals surface area contributed by atoms with Crippen molar-refractivity contribution < 1.29 is 9.53 Å². The first-order valence-corrected chi connectivity index (χ1v) is 6.89. The molecule has 100 valence electrons. The molecule has 0 unspecified atom stereocenters. The molecule has 0 amide bonds. The molecule has 19 heavy (non-hydrogen) atoms. The van der Waals surface area contributed by atoms with Gasteiger partial charge in [-0.3, -0.25) is 0 Å². The maximum atomic E-state index is 11.3. The predicted molar refractivity (Wildman–Crippen MR) is 77.3 cm³/mol. The van der Waals surface area contributed by atoms with Gasteiger partial charge in [-0.05, 0) is 23.6 Å². The molecule has 0 spiro atoms. The van der Waals surface area contributed by atoms with Gasteiger partial charge in [-0.1, -0.05) is 26.0 Å². The van der Waals surface area contributed by atoms with E-state index in [1.807, 2.05) is 12.1 Å². The number of nitrogens with zero attached hydrogens (tertiary/aromatic N) is 1. The third-order valence-electron chi connectivity index (χ3n) is 2.73. The number of carbonyl (C=O) groups is 1. The number of aromatic nitrogens is 1. The number of methoxy groups -OCH3 is 1. The van der Waals surface area contributed by atoms with Crippen molar-refractivity contribution in [2.75, 3.05) is 12.4 Å². The molecule has 1 N–H and O–H groups in total. The van der Waals surface area contributed by atoms with Gasteiger partial charge in [0.15, 0.2) is 10.8 Å². The SMILES string of the molecule is COC(=O)c1csc(Nc2ccc(C(C)C)cc2)n1. The average molecular weight is 276 g/mol. The molecule has 1 aromatic heterocycles. The van der Waals surface area contributed by atoms with Gasteiger partial charge < -0.3 is 10.1 Å². The van der Waals surface area contributed by atoms with Crippen molar-refractivity contribution in [3.8, 4) is 0 Å². The van der Waals surface area contributed by atoms with Crippen molar-refractivity contribution in [2.45, 2.75) is 19.8 Å². The summed E-state index contributed by atoms with van der Waals surface area (Å²) in [6, 6.07) is 8.19. The van der Waals surface area contributed by atoms with Crippen molar-refractivity contribution >= 4 is 28.1 Å². The first-order valence-electron chi connectivity index (χ1n) is 6.01. The van der Waals surface area contributed by atoms with Crippen LogP contribution in [0.15, 0.2) is 29.6 Å². The second-order valence-electron chi connectivity index (χ2n) is 4.43. The van der Waals surface area contributed by atoms with E-state index in [9.17, 15) is 4.79 Å². The van der Waals surface area contributed by atoms with E-state index in [-0.39, 0.29) is 0 Å². The highest BCUT2D eigenvalue weighted by Crippen LogP contribution is 2.23. The lowest BCUT2D eigenvalue weighted by atomic mass is 10.0. The molecule has 5 heteroatoms. The standard InChI is InChI=1S/C14H16N2O2S/c1-9(2)10-4-6-11(7-5-10)15-14-16-12(8-19-14)13(17)18-3/h4-9H,1-3H3,(H,15,16). The van der Waals surface area contributed by atoms with Crippen LogP contribution in [-0.4, -0.2) is 18.1 Å². The van der Waals surface area contributed by atoms with Crippen LogP contribution in [0.4, 0.5) is 10.8 Å². The molecule has 2 aromatic rings. The van der Waals surface area contributed by atoms with Crippen LogP contribution in [0, 0.1) is 0 Å². The van der Waals surface area contributed by atoms with Crippen LogP contribution >= 0.6 is 11.3 Å². The molecule has 0 saturated heterocycles. The second kappa shape index (κ2) is 5.84. The maximum Gasteiger partial charge on any atom is 0.357 e. The van der Waals surface area contributed by atoms with Gasteiger partial charge in [0.05, 0.1) is 7.11 Å². The quantitative estimate of drug-likeness (QED) is 0.863. The molecule has 0 saturated carbocycles. The Morgan fingerprint density at radius 1 is 1.32 bits per heavy atom. The van der Waals surface area contributed by atoms with Crippen LogP contribution in [0.2, 0.25) is 0 Å². The number of nitrogens with one attached hydrogen (secondary N) is 1. The number of hydrogen-bond acceptors (Lipinski definition) is 5. The summed E-state index contributed by atoms with van der Waals surface area (Å²) in [6.07, 6.45) is 0. The van der Waals surface area contributed by atoms with Crippen LogP contribution in [-0.2, 0) is 4.74 Å². The second-order valence-corrected chi connectivity index (χ2v) is 5.29. The molecule has 0 aliphatic heterocycles. The monoisotopic (exact) mass is 276 g/mol. The lowest BCUT2D eigenvalue weighted by Gasteiger charge is -2.07. The minimum Gasteiger partial charge on any atom is -0.464 e. The normalized spacial score (nSPS) is 10.5. The Bertz CT molecular complexity index is 561. The molecule has 0 atom stereocenters. The Morgan fingerprint density at radius 2 is 2.00 bits per heavy atom. The zero-order valence-electron chi connectivity index (χ0n) is 11.1. The van der Waals surface area contributed by atoms with E-state index < -0.39 is 5.97 Å². The molecule has 0 fully saturated rings. The highest BCUT2D eigenvalue weighted by atomic mass is 32.1. The smallest absolute Gasteiger partial charge is 0.357 e. The Balaban J connectivity index is 2.08. The number of anilines is 2. The van der Waals surface area contributed by atoms with Crippen molar-refractivity contribution in [1.29, 1.82) is 0 Å². The fourth-order valence-corrected chi connectivity index (χ4v) is 2.30. The Morgan fingerprint density at radius 3 is 2.58 bits per heavy atom. The highest BCUT2D eigenvalue weighted by molar-refractivity contribution is 7.14. The third-order valence-corrected chi connectivity index (χ3v) is 3.49. The van der Waals surface area contributed by atoms with Crippen LogP contribution in [0.25, 0.3) is 0 Å². The number of esters is 1. The summed E-state index contributed by atoms with van der Waals surface area (Å²) in [7, 11) is 1.35. The largest absolute Gasteiger partial charge is 0.464 e. The van der Waals surface area contributed by atoms with Gasteiger partial charge in [0, 0.05) is 11.1 Å². The Labute approximate surface area is 116 Å². The van der Waals surface area contributed by atoms with E-state index in [0.717, 1.165) is 5.69 Å². The van der Waals surface area contributed by atoms with Crippen molar-refractivity contribution in [3.05, 3.63) is 40.9 Å². The molecule has 1 heterocycles. The van der Waals surface area contributed by atoms with Crippen molar-refractivity contribution in [2.24, 2.45) is 0 Å². The van der Waals surface area contributed by atoms with E-state index in [0.29, 0.717) is 16.7 Å². The van der Waals surface area contributed by atoms with Crippen LogP contribution in [0.5, 0.6) is 0 Å². The molecule has 0 aliphatic rings. The molecule has 2 rings (SSSR count). The van der Waals surface area contributed by atoms with Gasteiger partial charge in [-0.25, -0.2) is 9.78 Å². The average Bonchev–Trinajstić information content (AvgIpc) is 2.87. The number of carbonyl (C=O) groups excluding carboxylic acids is 1. The summed E-state index contributed by atoms with van der Waals surface area (Å²) < 4.78 is 4.62. The molecule has 4 nitrogen and oxygen atoms in total. The topological polar surface area (TPSA) is 51.2 Å². The van der Waals surface area contributed by atoms with Crippen molar-refractivity contribution in [1.82, 2.24) is 4.98 Å². The molecular weight excluding hydrogens is 260 g/mol. The number of benzene rings is 1. The molecule has 0 radical (unpaired) electrons. The Kier molecular flexibility index (Phi) is 4.16. The summed E-state index contributed by atoms with van der Waals surface area (Å²) in [6.45, 7) is 4.32. The van der Waals surface area contributed by atoms with Gasteiger partial charge >= 0.3 is 5.97 Å². The molecule has 0 aliphatic carbocycles. The fourth-order valence-electron chi connectivity index (χ4n) is 1.60. The van der Waals surface area contributed by atoms with Crippen LogP contribution in [0.1, 0.15) is 35.8 Å². The zero-order valence-corrected chi connectivity index (χ0v) is 12.0. The Hall–Kier alpha value is -1.88. The number of rotatable bonds is 4. The molecule has 1 aromatic carbocycles. The minimum absolute atomic E-state index is 0.328. The predicted octanol–water partition coefficient (Wildman–Crippen LogP) is 3.80. The number of thiazole rings is 1. The van der Waals surface area contributed by atoms with Gasteiger partial charge in [0.1, 0.15) is 0 Å². The summed E-state index contributed by atoms with van der Waals surface area (Å²) in [5, 5.41) is 5.52.